The van der Waals surface area contributed by atoms with Gasteiger partial charge in [-0.3, -0.25) is 4.79 Å². The van der Waals surface area contributed by atoms with Crippen molar-refractivity contribution in [3.63, 3.8) is 0 Å². The Hall–Kier alpha value is -2.80. The van der Waals surface area contributed by atoms with E-state index in [1.54, 1.807) is 19.1 Å². The second kappa shape index (κ2) is 6.25. The fraction of sp³-hybridized carbons (Fsp3) is 0.167. The fourth-order valence-corrected chi connectivity index (χ4v) is 3.35. The van der Waals surface area contributed by atoms with Crippen LogP contribution in [0.5, 0.6) is 11.5 Å². The summed E-state index contributed by atoms with van der Waals surface area (Å²) in [5.74, 6) is 0.581. The third kappa shape index (κ3) is 3.36. The monoisotopic (exact) mass is 360 g/mol. The molecule has 0 amide bonds. The van der Waals surface area contributed by atoms with Crippen molar-refractivity contribution in [2.75, 3.05) is 7.11 Å². The van der Waals surface area contributed by atoms with Crippen molar-refractivity contribution >= 4 is 21.1 Å². The summed E-state index contributed by atoms with van der Waals surface area (Å²) >= 11 is 0. The van der Waals surface area contributed by atoms with E-state index in [4.69, 9.17) is 13.3 Å². The lowest BCUT2D eigenvalue weighted by Crippen LogP contribution is -2.10. The molecular formula is C18H16O6S. The Morgan fingerprint density at radius 2 is 1.68 bits per heavy atom. The van der Waals surface area contributed by atoms with Crippen LogP contribution in [-0.2, 0) is 10.1 Å². The van der Waals surface area contributed by atoms with Crippen molar-refractivity contribution in [1.82, 2.24) is 0 Å². The second-order valence-corrected chi connectivity index (χ2v) is 7.12. The molecule has 1 heterocycles. The SMILES string of the molecule is COc1cc(OS(=O)(=O)c2ccc(C)cc2)cc2oc(C)cc(=O)c12. The van der Waals surface area contributed by atoms with Crippen LogP contribution in [-0.4, -0.2) is 15.5 Å². The van der Waals surface area contributed by atoms with Crippen LogP contribution >= 0.6 is 0 Å². The highest BCUT2D eigenvalue weighted by Gasteiger charge is 2.19. The van der Waals surface area contributed by atoms with Crippen molar-refractivity contribution in [3.05, 3.63) is 64.0 Å². The van der Waals surface area contributed by atoms with Crippen LogP contribution in [0.25, 0.3) is 11.0 Å². The van der Waals surface area contributed by atoms with Crippen molar-refractivity contribution in [2.24, 2.45) is 0 Å². The molecule has 0 saturated heterocycles. The van der Waals surface area contributed by atoms with E-state index in [2.05, 4.69) is 0 Å². The van der Waals surface area contributed by atoms with Gasteiger partial charge in [0, 0.05) is 18.2 Å². The number of benzene rings is 2. The van der Waals surface area contributed by atoms with Crippen LogP contribution in [0.15, 0.2) is 56.6 Å². The first-order valence-electron chi connectivity index (χ1n) is 7.44. The summed E-state index contributed by atoms with van der Waals surface area (Å²) in [6.45, 7) is 3.49. The lowest BCUT2D eigenvalue weighted by atomic mass is 10.2. The Morgan fingerprint density at radius 1 is 1.00 bits per heavy atom. The number of rotatable bonds is 4. The highest BCUT2D eigenvalue weighted by molar-refractivity contribution is 7.87. The Bertz CT molecular complexity index is 1090. The van der Waals surface area contributed by atoms with Crippen LogP contribution in [0.2, 0.25) is 0 Å². The Morgan fingerprint density at radius 3 is 2.32 bits per heavy atom. The highest BCUT2D eigenvalue weighted by atomic mass is 32.2. The maximum Gasteiger partial charge on any atom is 0.339 e. The topological polar surface area (TPSA) is 82.8 Å². The summed E-state index contributed by atoms with van der Waals surface area (Å²) in [5, 5.41) is 0.230. The Balaban J connectivity index is 2.10. The van der Waals surface area contributed by atoms with E-state index in [1.807, 2.05) is 6.92 Å². The zero-order chi connectivity index (χ0) is 18.2. The van der Waals surface area contributed by atoms with Gasteiger partial charge in [0.1, 0.15) is 33.1 Å². The van der Waals surface area contributed by atoms with Gasteiger partial charge in [0.25, 0.3) is 0 Å². The molecule has 6 nitrogen and oxygen atoms in total. The minimum Gasteiger partial charge on any atom is -0.496 e. The lowest BCUT2D eigenvalue weighted by Gasteiger charge is -2.10. The number of hydrogen-bond acceptors (Lipinski definition) is 6. The zero-order valence-electron chi connectivity index (χ0n) is 13.9. The number of fused-ring (bicyclic) bond motifs is 1. The van der Waals surface area contributed by atoms with E-state index in [0.29, 0.717) is 5.76 Å². The number of ether oxygens (including phenoxy) is 1. The molecule has 0 aliphatic rings. The molecular weight excluding hydrogens is 344 g/mol. The molecule has 3 aromatic rings. The van der Waals surface area contributed by atoms with E-state index >= 15 is 0 Å². The average Bonchev–Trinajstić information content (AvgIpc) is 2.53. The van der Waals surface area contributed by atoms with Gasteiger partial charge in [-0.05, 0) is 26.0 Å². The van der Waals surface area contributed by atoms with Crippen molar-refractivity contribution in [3.8, 4) is 11.5 Å². The zero-order valence-corrected chi connectivity index (χ0v) is 14.7. The van der Waals surface area contributed by atoms with Gasteiger partial charge in [-0.2, -0.15) is 8.42 Å². The Kier molecular flexibility index (Phi) is 4.26. The van der Waals surface area contributed by atoms with Crippen LogP contribution < -0.4 is 14.3 Å². The predicted molar refractivity (Wildman–Crippen MR) is 92.8 cm³/mol. The van der Waals surface area contributed by atoms with Crippen LogP contribution in [0.1, 0.15) is 11.3 Å². The molecule has 0 spiro atoms. The molecule has 1 aromatic heterocycles. The third-order valence-corrected chi connectivity index (χ3v) is 4.89. The maximum absolute atomic E-state index is 12.4. The smallest absolute Gasteiger partial charge is 0.339 e. The van der Waals surface area contributed by atoms with Crippen LogP contribution in [0.4, 0.5) is 0 Å². The molecule has 0 aliphatic heterocycles. The molecule has 0 N–H and O–H groups in total. The third-order valence-electron chi connectivity index (χ3n) is 3.63. The average molecular weight is 360 g/mol. The van der Waals surface area contributed by atoms with E-state index in [9.17, 15) is 13.2 Å². The largest absolute Gasteiger partial charge is 0.496 e. The standard InChI is InChI=1S/C18H16O6S/c1-11-4-6-14(7-5-11)25(20,21)24-13-9-16(22-3)18-15(19)8-12(2)23-17(18)10-13/h4-10H,1-3H3. The van der Waals surface area contributed by atoms with E-state index < -0.39 is 10.1 Å². The molecule has 0 radical (unpaired) electrons. The minimum atomic E-state index is -4.02. The molecule has 0 saturated carbocycles. The molecule has 0 bridgehead atoms. The first-order valence-corrected chi connectivity index (χ1v) is 8.84. The molecule has 0 atom stereocenters. The first-order chi connectivity index (χ1) is 11.8. The first kappa shape index (κ1) is 17.0. The highest BCUT2D eigenvalue weighted by Crippen LogP contribution is 2.31. The fourth-order valence-electron chi connectivity index (χ4n) is 2.44. The van der Waals surface area contributed by atoms with Gasteiger partial charge >= 0.3 is 10.1 Å². The van der Waals surface area contributed by atoms with Crippen LogP contribution in [0, 0.1) is 13.8 Å². The van der Waals surface area contributed by atoms with Gasteiger partial charge in [0.2, 0.25) is 0 Å². The van der Waals surface area contributed by atoms with Gasteiger partial charge in [0.05, 0.1) is 7.11 Å². The summed E-state index contributed by atoms with van der Waals surface area (Å²) in [6.07, 6.45) is 0. The van der Waals surface area contributed by atoms with Crippen LogP contribution in [0.3, 0.4) is 0 Å². The molecule has 25 heavy (non-hydrogen) atoms. The quantitative estimate of drug-likeness (QED) is 0.665. The van der Waals surface area contributed by atoms with E-state index in [0.717, 1.165) is 5.56 Å². The maximum atomic E-state index is 12.4. The molecule has 0 aliphatic carbocycles. The normalized spacial score (nSPS) is 11.5. The van der Waals surface area contributed by atoms with Crippen molar-refractivity contribution in [1.29, 1.82) is 0 Å². The Labute approximate surface area is 144 Å². The van der Waals surface area contributed by atoms with Gasteiger partial charge in [-0.1, -0.05) is 17.7 Å². The summed E-state index contributed by atoms with van der Waals surface area (Å²) in [5.41, 5.74) is 0.852. The van der Waals surface area contributed by atoms with E-state index in [-0.39, 0.29) is 32.8 Å². The molecule has 3 rings (SSSR count). The lowest BCUT2D eigenvalue weighted by molar-refractivity contribution is 0.415. The van der Waals surface area contributed by atoms with Crippen molar-refractivity contribution < 1.29 is 21.8 Å². The van der Waals surface area contributed by atoms with Gasteiger partial charge in [-0.15, -0.1) is 0 Å². The summed E-state index contributed by atoms with van der Waals surface area (Å²) in [7, 11) is -2.64. The number of aryl methyl sites for hydroxylation is 2. The van der Waals surface area contributed by atoms with Gasteiger partial charge < -0.3 is 13.3 Å². The molecule has 7 heteroatoms. The minimum absolute atomic E-state index is 0.00123. The number of methoxy groups -OCH3 is 1. The summed E-state index contributed by atoms with van der Waals surface area (Å²) in [4.78, 5) is 12.2. The molecule has 0 fully saturated rings. The van der Waals surface area contributed by atoms with E-state index in [1.165, 1.54) is 37.4 Å². The van der Waals surface area contributed by atoms with Gasteiger partial charge in [0.15, 0.2) is 5.43 Å². The van der Waals surface area contributed by atoms with Crippen molar-refractivity contribution in [2.45, 2.75) is 18.7 Å². The summed E-state index contributed by atoms with van der Waals surface area (Å²) < 4.78 is 40.7. The van der Waals surface area contributed by atoms with Gasteiger partial charge in [-0.25, -0.2) is 0 Å². The second-order valence-electron chi connectivity index (χ2n) is 5.57. The molecule has 0 unspecified atom stereocenters. The molecule has 130 valence electrons. The number of hydrogen-bond donors (Lipinski definition) is 0. The summed E-state index contributed by atoms with van der Waals surface area (Å²) in [6, 6.07) is 10.3. The predicted octanol–water partition coefficient (Wildman–Crippen LogP) is 3.19. The molecule has 2 aromatic carbocycles.